The molecule has 0 saturated heterocycles. The summed E-state index contributed by atoms with van der Waals surface area (Å²) in [6.07, 6.45) is 3.15. The van der Waals surface area contributed by atoms with Gasteiger partial charge in [0.2, 0.25) is 0 Å². The molecule has 4 aromatic rings. The first kappa shape index (κ1) is 15.6. The van der Waals surface area contributed by atoms with E-state index in [-0.39, 0.29) is 0 Å². The van der Waals surface area contributed by atoms with Crippen LogP contribution in [0.2, 0.25) is 0 Å². The summed E-state index contributed by atoms with van der Waals surface area (Å²) < 4.78 is 0. The normalized spacial score (nSPS) is 9.67. The fourth-order valence-electron chi connectivity index (χ4n) is 2.43. The zero-order chi connectivity index (χ0) is 16.5. The Kier molecular flexibility index (Phi) is 5.41. The van der Waals surface area contributed by atoms with Crippen molar-refractivity contribution in [3.05, 3.63) is 103 Å². The van der Waals surface area contributed by atoms with Gasteiger partial charge in [0.1, 0.15) is 0 Å². The van der Waals surface area contributed by atoms with E-state index in [9.17, 15) is 0 Å². The first-order valence-electron chi connectivity index (χ1n) is 7.73. The summed E-state index contributed by atoms with van der Waals surface area (Å²) in [5, 5.41) is 10.1. The number of hydrogen-bond acceptors (Lipinski definition) is 3. The van der Waals surface area contributed by atoms with Crippen LogP contribution in [-0.4, -0.2) is 15.4 Å². The lowest BCUT2D eigenvalue weighted by molar-refractivity contribution is 0.865. The van der Waals surface area contributed by atoms with E-state index in [1.165, 1.54) is 22.3 Å². The Hall–Kier alpha value is -3.33. The number of rotatable bonds is 2. The monoisotopic (exact) mass is 311 g/mol. The van der Waals surface area contributed by atoms with Crippen molar-refractivity contribution in [2.45, 2.75) is 0 Å². The van der Waals surface area contributed by atoms with Gasteiger partial charge in [-0.2, -0.15) is 0 Å². The predicted molar refractivity (Wildman–Crippen MR) is 97.1 cm³/mol. The van der Waals surface area contributed by atoms with E-state index in [1.807, 2.05) is 0 Å². The molecule has 116 valence electrons. The third-order valence-electron chi connectivity index (χ3n) is 3.51. The minimum absolute atomic E-state index is 1.26. The fourth-order valence-corrected chi connectivity index (χ4v) is 2.43. The van der Waals surface area contributed by atoms with Crippen molar-refractivity contribution >= 4 is 0 Å². The van der Waals surface area contributed by atoms with Gasteiger partial charge in [0.15, 0.2) is 0 Å². The SMILES string of the molecule is c1ccc(-c2ccccc2-c2ccccc2)cc1.c1cnnnc1. The van der Waals surface area contributed by atoms with Gasteiger partial charge in [-0.1, -0.05) is 84.9 Å². The second kappa shape index (κ2) is 8.34. The minimum Gasteiger partial charge on any atom is -0.139 e. The Morgan fingerprint density at radius 2 is 0.833 bits per heavy atom. The van der Waals surface area contributed by atoms with Crippen molar-refractivity contribution in [3.63, 3.8) is 0 Å². The Morgan fingerprint density at radius 3 is 1.17 bits per heavy atom. The molecule has 0 fully saturated rings. The van der Waals surface area contributed by atoms with Gasteiger partial charge >= 0.3 is 0 Å². The van der Waals surface area contributed by atoms with Crippen LogP contribution in [-0.2, 0) is 0 Å². The van der Waals surface area contributed by atoms with E-state index >= 15 is 0 Å². The summed E-state index contributed by atoms with van der Waals surface area (Å²) in [6, 6.07) is 31.3. The molecule has 0 aliphatic carbocycles. The van der Waals surface area contributed by atoms with Crippen molar-refractivity contribution in [3.8, 4) is 22.3 Å². The first-order chi connectivity index (χ1) is 11.9. The highest BCUT2D eigenvalue weighted by Crippen LogP contribution is 2.31. The highest BCUT2D eigenvalue weighted by molar-refractivity contribution is 5.83. The van der Waals surface area contributed by atoms with E-state index in [1.54, 1.807) is 18.5 Å². The predicted octanol–water partition coefficient (Wildman–Crippen LogP) is 4.89. The summed E-state index contributed by atoms with van der Waals surface area (Å²) in [6.45, 7) is 0. The molecule has 0 bridgehead atoms. The van der Waals surface area contributed by atoms with E-state index in [0.29, 0.717) is 0 Å². The van der Waals surface area contributed by atoms with Crippen LogP contribution in [0.25, 0.3) is 22.3 Å². The molecule has 0 amide bonds. The molecule has 24 heavy (non-hydrogen) atoms. The quantitative estimate of drug-likeness (QED) is 0.529. The molecule has 3 heteroatoms. The molecule has 1 aromatic heterocycles. The number of hydrogen-bond donors (Lipinski definition) is 0. The average molecular weight is 311 g/mol. The second-order valence-corrected chi connectivity index (χ2v) is 5.09. The van der Waals surface area contributed by atoms with E-state index in [0.717, 1.165) is 0 Å². The zero-order valence-electron chi connectivity index (χ0n) is 13.2. The lowest BCUT2D eigenvalue weighted by Crippen LogP contribution is -1.83. The third kappa shape index (κ3) is 4.11. The second-order valence-electron chi connectivity index (χ2n) is 5.09. The minimum atomic E-state index is 1.26. The average Bonchev–Trinajstić information content (AvgIpc) is 2.71. The molecule has 3 aromatic carbocycles. The summed E-state index contributed by atoms with van der Waals surface area (Å²) in [7, 11) is 0. The smallest absolute Gasteiger partial charge is 0.0529 e. The van der Waals surface area contributed by atoms with Crippen molar-refractivity contribution < 1.29 is 0 Å². The summed E-state index contributed by atoms with van der Waals surface area (Å²) in [5.41, 5.74) is 5.09. The molecular weight excluding hydrogens is 294 g/mol. The van der Waals surface area contributed by atoms with Gasteiger partial charge in [0, 0.05) is 0 Å². The third-order valence-corrected chi connectivity index (χ3v) is 3.51. The summed E-state index contributed by atoms with van der Waals surface area (Å²) in [4.78, 5) is 0. The van der Waals surface area contributed by atoms with E-state index in [2.05, 4.69) is 100 Å². The highest BCUT2D eigenvalue weighted by atomic mass is 15.3. The maximum absolute atomic E-state index is 3.42. The standard InChI is InChI=1S/C18H14.C3H3N3/c1-3-9-15(10-4-1)17-13-7-8-14-18(17)16-11-5-2-6-12-16;1-2-4-6-5-3-1/h1-14H;1-3H. The van der Waals surface area contributed by atoms with Crippen LogP contribution in [0.15, 0.2) is 103 Å². The maximum atomic E-state index is 3.42. The van der Waals surface area contributed by atoms with Crippen LogP contribution in [0.4, 0.5) is 0 Å². The zero-order valence-corrected chi connectivity index (χ0v) is 13.2. The molecule has 0 saturated carbocycles. The molecule has 0 spiro atoms. The number of aromatic nitrogens is 3. The van der Waals surface area contributed by atoms with Gasteiger partial charge in [-0.25, -0.2) is 0 Å². The lowest BCUT2D eigenvalue weighted by Gasteiger charge is -2.09. The first-order valence-corrected chi connectivity index (χ1v) is 7.73. The molecule has 3 nitrogen and oxygen atoms in total. The van der Waals surface area contributed by atoms with E-state index < -0.39 is 0 Å². The van der Waals surface area contributed by atoms with E-state index in [4.69, 9.17) is 0 Å². The van der Waals surface area contributed by atoms with Gasteiger partial charge < -0.3 is 0 Å². The van der Waals surface area contributed by atoms with Crippen molar-refractivity contribution in [2.75, 3.05) is 0 Å². The number of nitrogens with zero attached hydrogens (tertiary/aromatic N) is 3. The van der Waals surface area contributed by atoms with Crippen LogP contribution in [0.3, 0.4) is 0 Å². The van der Waals surface area contributed by atoms with Gasteiger partial charge in [-0.3, -0.25) is 0 Å². The molecule has 0 radical (unpaired) electrons. The van der Waals surface area contributed by atoms with Crippen LogP contribution < -0.4 is 0 Å². The molecule has 1 heterocycles. The van der Waals surface area contributed by atoms with Gasteiger partial charge in [-0.15, -0.1) is 10.2 Å². The Bertz CT molecular complexity index is 762. The van der Waals surface area contributed by atoms with Crippen LogP contribution >= 0.6 is 0 Å². The fraction of sp³-hybridized carbons (Fsp3) is 0. The molecule has 0 aliphatic rings. The summed E-state index contributed by atoms with van der Waals surface area (Å²) in [5.74, 6) is 0. The van der Waals surface area contributed by atoms with Crippen LogP contribution in [0, 0.1) is 0 Å². The van der Waals surface area contributed by atoms with Crippen molar-refractivity contribution in [1.29, 1.82) is 0 Å². The molecule has 0 aliphatic heterocycles. The molecule has 0 unspecified atom stereocenters. The molecule has 0 N–H and O–H groups in total. The van der Waals surface area contributed by atoms with Gasteiger partial charge in [-0.05, 0) is 33.5 Å². The van der Waals surface area contributed by atoms with Crippen LogP contribution in [0.1, 0.15) is 0 Å². The Labute approximate surface area is 141 Å². The highest BCUT2D eigenvalue weighted by Gasteiger charge is 2.05. The van der Waals surface area contributed by atoms with Crippen molar-refractivity contribution in [1.82, 2.24) is 15.4 Å². The molecule has 4 rings (SSSR count). The van der Waals surface area contributed by atoms with Crippen LogP contribution in [0.5, 0.6) is 0 Å². The maximum Gasteiger partial charge on any atom is 0.0529 e. The Balaban J connectivity index is 0.000000238. The van der Waals surface area contributed by atoms with Gasteiger partial charge in [0.05, 0.1) is 12.4 Å². The number of benzene rings is 3. The molecular formula is C21H17N3. The van der Waals surface area contributed by atoms with Gasteiger partial charge in [0.25, 0.3) is 0 Å². The topological polar surface area (TPSA) is 38.7 Å². The Morgan fingerprint density at radius 1 is 0.417 bits per heavy atom. The lowest BCUT2D eigenvalue weighted by atomic mass is 9.95. The van der Waals surface area contributed by atoms with Crippen molar-refractivity contribution in [2.24, 2.45) is 0 Å². The molecule has 0 atom stereocenters. The largest absolute Gasteiger partial charge is 0.139 e. The summed E-state index contributed by atoms with van der Waals surface area (Å²) >= 11 is 0.